The summed E-state index contributed by atoms with van der Waals surface area (Å²) < 4.78 is 10.9. The lowest BCUT2D eigenvalue weighted by Gasteiger charge is -2.28. The molecule has 0 aromatic rings. The van der Waals surface area contributed by atoms with Gasteiger partial charge >= 0.3 is 0 Å². The summed E-state index contributed by atoms with van der Waals surface area (Å²) in [5, 5.41) is 0. The molecule has 0 aromatic carbocycles. The van der Waals surface area contributed by atoms with Crippen LogP contribution in [-0.2, 0) is 14.3 Å². The highest BCUT2D eigenvalue weighted by Crippen LogP contribution is 2.07. The molecule has 19 heavy (non-hydrogen) atoms. The van der Waals surface area contributed by atoms with Gasteiger partial charge in [0.05, 0.1) is 25.4 Å². The zero-order valence-corrected chi connectivity index (χ0v) is 12.8. The molecule has 0 aromatic heterocycles. The molecule has 1 fully saturated rings. The molecule has 0 radical (unpaired) electrons. The Balaban J connectivity index is 2.14. The predicted octanol–water partition coefficient (Wildman–Crippen LogP) is 0.982. The molecule has 0 N–H and O–H groups in total. The molecule has 1 amide bonds. The molecule has 1 saturated heterocycles. The maximum absolute atomic E-state index is 12.0. The van der Waals surface area contributed by atoms with Crippen LogP contribution in [0.2, 0.25) is 0 Å². The van der Waals surface area contributed by atoms with Crippen LogP contribution >= 0.6 is 0 Å². The molecule has 1 aliphatic heterocycles. The van der Waals surface area contributed by atoms with Gasteiger partial charge in [-0.3, -0.25) is 9.69 Å². The highest BCUT2D eigenvalue weighted by Gasteiger charge is 2.17. The molecule has 112 valence electrons. The number of ether oxygens (including phenoxy) is 2. The Hall–Kier alpha value is -0.650. The van der Waals surface area contributed by atoms with Gasteiger partial charge in [-0.25, -0.2) is 0 Å². The largest absolute Gasteiger partial charge is 0.379 e. The maximum Gasteiger partial charge on any atom is 0.236 e. The molecule has 0 unspecified atom stereocenters. The topological polar surface area (TPSA) is 42.0 Å². The molecule has 0 aliphatic carbocycles. The van der Waals surface area contributed by atoms with Crippen molar-refractivity contribution in [3.63, 3.8) is 0 Å². The van der Waals surface area contributed by atoms with E-state index in [9.17, 15) is 4.79 Å². The summed E-state index contributed by atoms with van der Waals surface area (Å²) in [6.07, 6.45) is 0.878. The lowest BCUT2D eigenvalue weighted by atomic mass is 10.2. The molecule has 1 aliphatic rings. The summed E-state index contributed by atoms with van der Waals surface area (Å²) in [7, 11) is 1.86. The van der Waals surface area contributed by atoms with E-state index >= 15 is 0 Å². The van der Waals surface area contributed by atoms with Gasteiger partial charge in [-0.1, -0.05) is 0 Å². The van der Waals surface area contributed by atoms with Crippen LogP contribution in [0, 0.1) is 0 Å². The van der Waals surface area contributed by atoms with Crippen molar-refractivity contribution in [1.82, 2.24) is 9.80 Å². The molecule has 1 heterocycles. The molecule has 5 nitrogen and oxygen atoms in total. The fourth-order valence-electron chi connectivity index (χ4n) is 1.88. The number of morpholine rings is 1. The predicted molar refractivity (Wildman–Crippen MR) is 75.2 cm³/mol. The Morgan fingerprint density at radius 3 is 2.53 bits per heavy atom. The van der Waals surface area contributed by atoms with E-state index < -0.39 is 0 Å². The molecule has 1 rings (SSSR count). The molecular weight excluding hydrogens is 244 g/mol. The van der Waals surface area contributed by atoms with E-state index in [1.54, 1.807) is 4.90 Å². The summed E-state index contributed by atoms with van der Waals surface area (Å²) in [4.78, 5) is 15.9. The van der Waals surface area contributed by atoms with Crippen molar-refractivity contribution in [2.75, 3.05) is 53.0 Å². The van der Waals surface area contributed by atoms with E-state index in [2.05, 4.69) is 4.90 Å². The van der Waals surface area contributed by atoms with Gasteiger partial charge in [0.15, 0.2) is 0 Å². The van der Waals surface area contributed by atoms with Crippen molar-refractivity contribution in [2.24, 2.45) is 0 Å². The first-order valence-electron chi connectivity index (χ1n) is 7.06. The molecule has 5 heteroatoms. The third kappa shape index (κ3) is 7.50. The summed E-state index contributed by atoms with van der Waals surface area (Å²) >= 11 is 0. The lowest BCUT2D eigenvalue weighted by Crippen LogP contribution is -2.44. The summed E-state index contributed by atoms with van der Waals surface area (Å²) in [5.41, 5.74) is -0.101. The number of amides is 1. The van der Waals surface area contributed by atoms with E-state index in [0.29, 0.717) is 13.2 Å². The van der Waals surface area contributed by atoms with Gasteiger partial charge in [-0.05, 0) is 27.2 Å². The van der Waals surface area contributed by atoms with Gasteiger partial charge in [0, 0.05) is 33.3 Å². The minimum absolute atomic E-state index is 0.101. The zero-order chi connectivity index (χ0) is 14.3. The Morgan fingerprint density at radius 2 is 1.95 bits per heavy atom. The van der Waals surface area contributed by atoms with E-state index in [4.69, 9.17) is 9.47 Å². The third-order valence-corrected chi connectivity index (χ3v) is 3.06. The fourth-order valence-corrected chi connectivity index (χ4v) is 1.88. The number of hydrogen-bond donors (Lipinski definition) is 0. The van der Waals surface area contributed by atoms with Crippen LogP contribution in [0.4, 0.5) is 0 Å². The van der Waals surface area contributed by atoms with Crippen molar-refractivity contribution in [3.8, 4) is 0 Å². The number of rotatable bonds is 6. The normalized spacial score (nSPS) is 17.5. The van der Waals surface area contributed by atoms with E-state index in [0.717, 1.165) is 39.3 Å². The van der Waals surface area contributed by atoms with Gasteiger partial charge in [0.2, 0.25) is 5.91 Å². The van der Waals surface area contributed by atoms with Crippen LogP contribution in [0.5, 0.6) is 0 Å². The highest BCUT2D eigenvalue weighted by atomic mass is 16.5. The summed E-state index contributed by atoms with van der Waals surface area (Å²) in [6.45, 7) is 11.2. The van der Waals surface area contributed by atoms with Gasteiger partial charge in [-0.15, -0.1) is 0 Å². The van der Waals surface area contributed by atoms with Crippen LogP contribution in [0.15, 0.2) is 0 Å². The highest BCUT2D eigenvalue weighted by molar-refractivity contribution is 5.77. The minimum atomic E-state index is -0.101. The average molecular weight is 272 g/mol. The van der Waals surface area contributed by atoms with Gasteiger partial charge in [0.25, 0.3) is 0 Å². The Bertz CT molecular complexity index is 270. The fraction of sp³-hybridized carbons (Fsp3) is 0.929. The first kappa shape index (κ1) is 16.4. The van der Waals surface area contributed by atoms with Crippen molar-refractivity contribution in [1.29, 1.82) is 0 Å². The number of nitrogens with zero attached hydrogens (tertiary/aromatic N) is 2. The molecule has 0 bridgehead atoms. The smallest absolute Gasteiger partial charge is 0.236 e. The molecule has 0 saturated carbocycles. The molecule has 0 spiro atoms. The van der Waals surface area contributed by atoms with Gasteiger partial charge in [0.1, 0.15) is 0 Å². The number of carbonyl (C=O) groups excluding carboxylic acids is 1. The number of likely N-dealkylation sites (N-methyl/N-ethyl adjacent to an activating group) is 1. The van der Waals surface area contributed by atoms with Gasteiger partial charge in [-0.2, -0.15) is 0 Å². The van der Waals surface area contributed by atoms with Crippen molar-refractivity contribution in [2.45, 2.75) is 32.8 Å². The Kier molecular flexibility index (Phi) is 6.75. The average Bonchev–Trinajstić information content (AvgIpc) is 2.34. The standard InChI is InChI=1S/C14H28N2O3/c1-14(2,3)19-9-5-6-15(4)13(17)12-16-7-10-18-11-8-16/h5-12H2,1-4H3. The van der Waals surface area contributed by atoms with Crippen molar-refractivity contribution in [3.05, 3.63) is 0 Å². The second kappa shape index (κ2) is 7.82. The zero-order valence-electron chi connectivity index (χ0n) is 12.8. The summed E-state index contributed by atoms with van der Waals surface area (Å²) in [5.74, 6) is 0.178. The first-order chi connectivity index (χ1) is 8.88. The first-order valence-corrected chi connectivity index (χ1v) is 7.06. The minimum Gasteiger partial charge on any atom is -0.379 e. The Labute approximate surface area is 116 Å². The molecular formula is C14H28N2O3. The van der Waals surface area contributed by atoms with Gasteiger partial charge < -0.3 is 14.4 Å². The maximum atomic E-state index is 12.0. The van der Waals surface area contributed by atoms with Crippen molar-refractivity contribution < 1.29 is 14.3 Å². The number of hydrogen-bond acceptors (Lipinski definition) is 4. The lowest BCUT2D eigenvalue weighted by molar-refractivity contribution is -0.132. The number of carbonyl (C=O) groups is 1. The van der Waals surface area contributed by atoms with Crippen molar-refractivity contribution >= 4 is 5.91 Å². The van der Waals surface area contributed by atoms with Crippen LogP contribution < -0.4 is 0 Å². The Morgan fingerprint density at radius 1 is 1.32 bits per heavy atom. The van der Waals surface area contributed by atoms with E-state index in [1.807, 2.05) is 27.8 Å². The summed E-state index contributed by atoms with van der Waals surface area (Å²) in [6, 6.07) is 0. The van der Waals surface area contributed by atoms with Crippen LogP contribution in [0.1, 0.15) is 27.2 Å². The van der Waals surface area contributed by atoms with E-state index in [1.165, 1.54) is 0 Å². The quantitative estimate of drug-likeness (QED) is 0.676. The van der Waals surface area contributed by atoms with E-state index in [-0.39, 0.29) is 11.5 Å². The second-order valence-corrected chi connectivity index (χ2v) is 6.02. The van der Waals surface area contributed by atoms with Crippen LogP contribution in [0.25, 0.3) is 0 Å². The SMILES string of the molecule is CN(CCCOC(C)(C)C)C(=O)CN1CCOCC1. The van der Waals surface area contributed by atoms with Crippen LogP contribution in [-0.4, -0.2) is 74.4 Å². The molecule has 0 atom stereocenters. The monoisotopic (exact) mass is 272 g/mol. The van der Waals surface area contributed by atoms with Crippen LogP contribution in [0.3, 0.4) is 0 Å². The second-order valence-electron chi connectivity index (χ2n) is 6.02. The third-order valence-electron chi connectivity index (χ3n) is 3.06.